The molecule has 0 aliphatic carbocycles. The van der Waals surface area contributed by atoms with Gasteiger partial charge < -0.3 is 10.1 Å². The van der Waals surface area contributed by atoms with Gasteiger partial charge in [-0.25, -0.2) is 4.79 Å². The van der Waals surface area contributed by atoms with Crippen molar-refractivity contribution in [3.05, 3.63) is 39.7 Å². The van der Waals surface area contributed by atoms with Crippen LogP contribution in [0.4, 0.5) is 5.00 Å². The topological polar surface area (TPSA) is 58.6 Å². The van der Waals surface area contributed by atoms with E-state index in [-0.39, 0.29) is 12.5 Å². The van der Waals surface area contributed by atoms with Crippen LogP contribution < -0.4 is 5.32 Å². The van der Waals surface area contributed by atoms with Gasteiger partial charge >= 0.3 is 5.97 Å². The van der Waals surface area contributed by atoms with Crippen LogP contribution in [0.5, 0.6) is 0 Å². The van der Waals surface area contributed by atoms with Gasteiger partial charge in [0.2, 0.25) is 5.91 Å². The molecule has 1 fully saturated rings. The van der Waals surface area contributed by atoms with Gasteiger partial charge in [0.05, 0.1) is 13.2 Å². The van der Waals surface area contributed by atoms with Crippen molar-refractivity contribution in [3.8, 4) is 11.1 Å². The third kappa shape index (κ3) is 4.52. The van der Waals surface area contributed by atoms with Crippen molar-refractivity contribution in [1.29, 1.82) is 0 Å². The molecule has 0 unspecified atom stereocenters. The lowest BCUT2D eigenvalue weighted by Gasteiger charge is -2.14. The van der Waals surface area contributed by atoms with Crippen LogP contribution in [0.2, 0.25) is 0 Å². The smallest absolute Gasteiger partial charge is 0.341 e. The van der Waals surface area contributed by atoms with E-state index in [0.29, 0.717) is 17.1 Å². The summed E-state index contributed by atoms with van der Waals surface area (Å²) < 4.78 is 6.19. The molecular formula is C19H21BrN2O3S. The highest BCUT2D eigenvalue weighted by molar-refractivity contribution is 9.10. The molecule has 5 nitrogen and oxygen atoms in total. The van der Waals surface area contributed by atoms with Gasteiger partial charge in [0.15, 0.2) is 0 Å². The Labute approximate surface area is 165 Å². The Kier molecular flexibility index (Phi) is 6.45. The molecule has 3 rings (SSSR count). The van der Waals surface area contributed by atoms with Gasteiger partial charge in [-0.2, -0.15) is 0 Å². The Morgan fingerprint density at radius 1 is 1.23 bits per heavy atom. The summed E-state index contributed by atoms with van der Waals surface area (Å²) >= 11 is 4.77. The number of anilines is 1. The van der Waals surface area contributed by atoms with Crippen molar-refractivity contribution in [2.75, 3.05) is 31.6 Å². The van der Waals surface area contributed by atoms with Gasteiger partial charge in [-0.1, -0.05) is 28.1 Å². The van der Waals surface area contributed by atoms with Crippen molar-refractivity contribution < 1.29 is 14.3 Å². The molecule has 0 saturated carbocycles. The second-order valence-electron chi connectivity index (χ2n) is 6.11. The van der Waals surface area contributed by atoms with E-state index in [0.717, 1.165) is 41.5 Å². The number of hydrogen-bond acceptors (Lipinski definition) is 5. The number of ether oxygens (including phenoxy) is 1. The SMILES string of the molecule is CCOC(=O)c1c(-c2ccc(Br)cc2)csc1NC(=O)CN1CCCC1. The maximum absolute atomic E-state index is 12.5. The molecule has 2 aromatic rings. The van der Waals surface area contributed by atoms with E-state index in [1.807, 2.05) is 29.6 Å². The summed E-state index contributed by atoms with van der Waals surface area (Å²) in [4.78, 5) is 27.0. The lowest BCUT2D eigenvalue weighted by Crippen LogP contribution is -2.31. The molecule has 0 atom stereocenters. The van der Waals surface area contributed by atoms with Crippen LogP contribution in [0, 0.1) is 0 Å². The maximum Gasteiger partial charge on any atom is 0.341 e. The number of benzene rings is 1. The largest absolute Gasteiger partial charge is 0.462 e. The highest BCUT2D eigenvalue weighted by Gasteiger charge is 2.23. The molecule has 0 radical (unpaired) electrons. The molecule has 1 saturated heterocycles. The summed E-state index contributed by atoms with van der Waals surface area (Å²) in [6, 6.07) is 7.72. The molecule has 7 heteroatoms. The fraction of sp³-hybridized carbons (Fsp3) is 0.368. The minimum atomic E-state index is -0.414. The Balaban J connectivity index is 1.85. The number of thiophene rings is 1. The highest BCUT2D eigenvalue weighted by Crippen LogP contribution is 2.36. The number of esters is 1. The van der Waals surface area contributed by atoms with Gasteiger partial charge in [0.1, 0.15) is 10.6 Å². The monoisotopic (exact) mass is 436 g/mol. The quantitative estimate of drug-likeness (QED) is 0.682. The molecule has 138 valence electrons. The number of rotatable bonds is 6. The summed E-state index contributed by atoms with van der Waals surface area (Å²) in [5.41, 5.74) is 2.11. The summed E-state index contributed by atoms with van der Waals surface area (Å²) in [5.74, 6) is -0.509. The van der Waals surface area contributed by atoms with E-state index in [1.54, 1.807) is 6.92 Å². The molecule has 1 aliphatic rings. The molecule has 1 N–H and O–H groups in total. The number of likely N-dealkylation sites (tertiary alicyclic amines) is 1. The van der Waals surface area contributed by atoms with Crippen molar-refractivity contribution in [3.63, 3.8) is 0 Å². The summed E-state index contributed by atoms with van der Waals surface area (Å²) in [7, 11) is 0. The Morgan fingerprint density at radius 3 is 2.58 bits per heavy atom. The zero-order valence-corrected chi connectivity index (χ0v) is 17.0. The molecule has 1 aromatic carbocycles. The molecule has 1 amide bonds. The number of nitrogens with zero attached hydrogens (tertiary/aromatic N) is 1. The maximum atomic E-state index is 12.5. The van der Waals surface area contributed by atoms with E-state index in [2.05, 4.69) is 26.1 Å². The first-order valence-corrected chi connectivity index (χ1v) is 10.3. The van der Waals surface area contributed by atoms with Crippen LogP contribution in [0.15, 0.2) is 34.1 Å². The third-order valence-electron chi connectivity index (χ3n) is 4.24. The van der Waals surface area contributed by atoms with E-state index in [4.69, 9.17) is 4.74 Å². The Bertz CT molecular complexity index is 783. The first-order chi connectivity index (χ1) is 12.6. The van der Waals surface area contributed by atoms with Crippen LogP contribution >= 0.6 is 27.3 Å². The first-order valence-electron chi connectivity index (χ1n) is 8.65. The summed E-state index contributed by atoms with van der Waals surface area (Å²) in [6.07, 6.45) is 2.27. The number of halogens is 1. The summed E-state index contributed by atoms with van der Waals surface area (Å²) in [5, 5.41) is 5.34. The van der Waals surface area contributed by atoms with Crippen LogP contribution in [0.25, 0.3) is 11.1 Å². The average molecular weight is 437 g/mol. The lowest BCUT2D eigenvalue weighted by atomic mass is 10.0. The molecule has 0 spiro atoms. The lowest BCUT2D eigenvalue weighted by molar-refractivity contribution is -0.117. The van der Waals surface area contributed by atoms with Gasteiger partial charge in [0, 0.05) is 15.4 Å². The second-order valence-corrected chi connectivity index (χ2v) is 7.91. The summed E-state index contributed by atoms with van der Waals surface area (Å²) in [6.45, 7) is 4.32. The zero-order valence-electron chi connectivity index (χ0n) is 14.6. The van der Waals surface area contributed by atoms with Gasteiger partial charge in [0.25, 0.3) is 0 Å². The minimum Gasteiger partial charge on any atom is -0.462 e. The minimum absolute atomic E-state index is 0.0957. The van der Waals surface area contributed by atoms with E-state index in [1.165, 1.54) is 11.3 Å². The predicted molar refractivity (Wildman–Crippen MR) is 108 cm³/mol. The van der Waals surface area contributed by atoms with Crippen molar-refractivity contribution >= 4 is 44.1 Å². The average Bonchev–Trinajstić information content (AvgIpc) is 3.25. The van der Waals surface area contributed by atoms with E-state index in [9.17, 15) is 9.59 Å². The van der Waals surface area contributed by atoms with Crippen LogP contribution in [0.1, 0.15) is 30.1 Å². The number of carbonyl (C=O) groups excluding carboxylic acids is 2. The highest BCUT2D eigenvalue weighted by atomic mass is 79.9. The number of carbonyl (C=O) groups is 2. The first kappa shape index (κ1) is 19.1. The second kappa shape index (κ2) is 8.79. The molecule has 0 bridgehead atoms. The fourth-order valence-corrected chi connectivity index (χ4v) is 4.25. The number of amides is 1. The van der Waals surface area contributed by atoms with Crippen molar-refractivity contribution in [2.24, 2.45) is 0 Å². The van der Waals surface area contributed by atoms with Crippen LogP contribution in [-0.2, 0) is 9.53 Å². The fourth-order valence-electron chi connectivity index (χ4n) is 3.01. The van der Waals surface area contributed by atoms with E-state index < -0.39 is 5.97 Å². The normalized spacial score (nSPS) is 14.4. The predicted octanol–water partition coefficient (Wildman–Crippen LogP) is 4.39. The molecule has 2 heterocycles. The van der Waals surface area contributed by atoms with Crippen molar-refractivity contribution in [2.45, 2.75) is 19.8 Å². The zero-order chi connectivity index (χ0) is 18.5. The third-order valence-corrected chi connectivity index (χ3v) is 5.67. The van der Waals surface area contributed by atoms with Gasteiger partial charge in [-0.05, 0) is 50.6 Å². The van der Waals surface area contributed by atoms with Crippen LogP contribution in [-0.4, -0.2) is 43.0 Å². The van der Waals surface area contributed by atoms with Gasteiger partial charge in [-0.3, -0.25) is 9.69 Å². The van der Waals surface area contributed by atoms with Crippen molar-refractivity contribution in [1.82, 2.24) is 4.90 Å². The Morgan fingerprint density at radius 2 is 1.92 bits per heavy atom. The number of nitrogens with one attached hydrogen (secondary N) is 1. The Hall–Kier alpha value is -1.70. The molecule has 26 heavy (non-hydrogen) atoms. The van der Waals surface area contributed by atoms with Gasteiger partial charge in [-0.15, -0.1) is 11.3 Å². The van der Waals surface area contributed by atoms with E-state index >= 15 is 0 Å². The molecular weight excluding hydrogens is 416 g/mol. The molecule has 1 aromatic heterocycles. The standard InChI is InChI=1S/C19H21BrN2O3S/c1-2-25-19(24)17-15(13-5-7-14(20)8-6-13)12-26-18(17)21-16(23)11-22-9-3-4-10-22/h5-8,12H,2-4,9-11H2,1H3,(H,21,23). The molecule has 1 aliphatic heterocycles. The van der Waals surface area contributed by atoms with Crippen LogP contribution in [0.3, 0.4) is 0 Å². The number of hydrogen-bond donors (Lipinski definition) is 1.